The molecule has 2 aromatic rings. The van der Waals surface area contributed by atoms with Crippen LogP contribution in [0.4, 0.5) is 0 Å². The quantitative estimate of drug-likeness (QED) is 0.792. The average Bonchev–Trinajstić information content (AvgIpc) is 3.14. The highest BCUT2D eigenvalue weighted by Gasteiger charge is 2.29. The van der Waals surface area contributed by atoms with Gasteiger partial charge in [-0.15, -0.1) is 0 Å². The molecule has 1 amide bonds. The van der Waals surface area contributed by atoms with Gasteiger partial charge >= 0.3 is 0 Å². The standard InChI is InChI=1S/C23H27NO4/c1-23(2,27)15-14-20-12-13-21(28-20)22(26)24-16-4-3-5-18(24)9-6-17-7-10-19(25)11-8-17/h7-8,10-13,18,25,27H,3-6,9,16H2,1-2H3. The zero-order valence-electron chi connectivity index (χ0n) is 16.4. The van der Waals surface area contributed by atoms with Gasteiger partial charge in [0.25, 0.3) is 5.91 Å². The molecule has 3 rings (SSSR count). The van der Waals surface area contributed by atoms with Crippen LogP contribution in [0, 0.1) is 11.8 Å². The number of phenolic OH excluding ortho intramolecular Hbond substituents is 1. The number of hydrogen-bond acceptors (Lipinski definition) is 4. The van der Waals surface area contributed by atoms with Crippen LogP contribution in [-0.2, 0) is 6.42 Å². The minimum atomic E-state index is -1.11. The third-order valence-corrected chi connectivity index (χ3v) is 4.90. The van der Waals surface area contributed by atoms with Crippen LogP contribution in [0.25, 0.3) is 0 Å². The van der Waals surface area contributed by atoms with Crippen molar-refractivity contribution in [2.24, 2.45) is 0 Å². The number of phenols is 1. The molecule has 1 aromatic carbocycles. The zero-order chi connectivity index (χ0) is 20.1. The van der Waals surface area contributed by atoms with Gasteiger partial charge in [0.05, 0.1) is 0 Å². The van der Waals surface area contributed by atoms with Crippen molar-refractivity contribution >= 4 is 5.91 Å². The Morgan fingerprint density at radius 1 is 1.21 bits per heavy atom. The van der Waals surface area contributed by atoms with Crippen LogP contribution in [0.2, 0.25) is 0 Å². The average molecular weight is 381 g/mol. The van der Waals surface area contributed by atoms with E-state index in [2.05, 4.69) is 11.8 Å². The number of benzene rings is 1. The molecule has 28 heavy (non-hydrogen) atoms. The molecule has 0 bridgehead atoms. The minimum Gasteiger partial charge on any atom is -0.508 e. The second kappa shape index (κ2) is 8.53. The number of carbonyl (C=O) groups excluding carboxylic acids is 1. The Morgan fingerprint density at radius 3 is 2.68 bits per heavy atom. The van der Waals surface area contributed by atoms with E-state index in [0.717, 1.165) is 44.2 Å². The summed E-state index contributed by atoms with van der Waals surface area (Å²) in [5.74, 6) is 6.28. The summed E-state index contributed by atoms with van der Waals surface area (Å²) in [4.78, 5) is 14.9. The highest BCUT2D eigenvalue weighted by molar-refractivity contribution is 5.92. The number of rotatable bonds is 4. The fourth-order valence-corrected chi connectivity index (χ4v) is 3.44. The molecule has 1 atom stereocenters. The lowest BCUT2D eigenvalue weighted by Gasteiger charge is -2.35. The summed E-state index contributed by atoms with van der Waals surface area (Å²) in [6.07, 6.45) is 4.83. The molecule has 148 valence electrons. The van der Waals surface area contributed by atoms with Gasteiger partial charge in [0, 0.05) is 12.6 Å². The molecule has 0 spiro atoms. The number of piperidine rings is 1. The maximum absolute atomic E-state index is 13.0. The van der Waals surface area contributed by atoms with Gasteiger partial charge in [0.1, 0.15) is 11.4 Å². The molecule has 1 aliphatic heterocycles. The van der Waals surface area contributed by atoms with Crippen molar-refractivity contribution in [1.29, 1.82) is 0 Å². The topological polar surface area (TPSA) is 73.9 Å². The predicted octanol–water partition coefficient (Wildman–Crippen LogP) is 3.74. The third-order valence-electron chi connectivity index (χ3n) is 4.90. The van der Waals surface area contributed by atoms with Gasteiger partial charge in [-0.25, -0.2) is 0 Å². The van der Waals surface area contributed by atoms with E-state index in [9.17, 15) is 15.0 Å². The van der Waals surface area contributed by atoms with Crippen LogP contribution in [-0.4, -0.2) is 39.2 Å². The first-order chi connectivity index (χ1) is 13.3. The lowest BCUT2D eigenvalue weighted by molar-refractivity contribution is 0.0569. The molecule has 1 fully saturated rings. The SMILES string of the molecule is CC(C)(O)C#Cc1ccc(C(=O)N2CCCCC2CCc2ccc(O)cc2)o1. The normalized spacial score (nSPS) is 17.1. The van der Waals surface area contributed by atoms with Crippen molar-refractivity contribution in [2.75, 3.05) is 6.54 Å². The number of aryl methyl sites for hydroxylation is 1. The number of aromatic hydroxyl groups is 1. The van der Waals surface area contributed by atoms with Crippen LogP contribution in [0.1, 0.15) is 61.4 Å². The smallest absolute Gasteiger partial charge is 0.289 e. The second-order valence-electron chi connectivity index (χ2n) is 7.83. The predicted molar refractivity (Wildman–Crippen MR) is 107 cm³/mol. The van der Waals surface area contributed by atoms with Crippen LogP contribution >= 0.6 is 0 Å². The third kappa shape index (κ3) is 5.40. The molecule has 0 aliphatic carbocycles. The fraction of sp³-hybridized carbons (Fsp3) is 0.435. The van der Waals surface area contributed by atoms with Gasteiger partial charge in [-0.1, -0.05) is 18.1 Å². The Bertz CT molecular complexity index is 864. The number of aliphatic hydroxyl groups is 1. The molecular formula is C23H27NO4. The van der Waals surface area contributed by atoms with Crippen molar-refractivity contribution in [1.82, 2.24) is 4.90 Å². The Balaban J connectivity index is 1.67. The Labute approximate surface area is 166 Å². The molecule has 2 heterocycles. The van der Waals surface area contributed by atoms with Crippen LogP contribution in [0.15, 0.2) is 40.8 Å². The molecule has 1 unspecified atom stereocenters. The highest BCUT2D eigenvalue weighted by atomic mass is 16.4. The molecule has 5 heteroatoms. The Hall–Kier alpha value is -2.71. The van der Waals surface area contributed by atoms with Crippen LogP contribution < -0.4 is 0 Å². The maximum Gasteiger partial charge on any atom is 0.289 e. The first kappa shape index (κ1) is 20.0. The lowest BCUT2D eigenvalue weighted by Crippen LogP contribution is -2.43. The number of furan rings is 1. The van der Waals surface area contributed by atoms with E-state index in [1.165, 1.54) is 0 Å². The first-order valence-electron chi connectivity index (χ1n) is 9.76. The van der Waals surface area contributed by atoms with E-state index in [0.29, 0.717) is 5.76 Å². The molecule has 0 radical (unpaired) electrons. The van der Waals surface area contributed by atoms with E-state index in [4.69, 9.17) is 4.42 Å². The number of amides is 1. The van der Waals surface area contributed by atoms with E-state index < -0.39 is 5.60 Å². The summed E-state index contributed by atoms with van der Waals surface area (Å²) >= 11 is 0. The molecule has 1 aromatic heterocycles. The van der Waals surface area contributed by atoms with E-state index in [1.807, 2.05) is 17.0 Å². The summed E-state index contributed by atoms with van der Waals surface area (Å²) in [5, 5.41) is 19.1. The number of carbonyl (C=O) groups is 1. The zero-order valence-corrected chi connectivity index (χ0v) is 16.4. The van der Waals surface area contributed by atoms with Gasteiger partial charge in [-0.3, -0.25) is 4.79 Å². The summed E-state index contributed by atoms with van der Waals surface area (Å²) in [6, 6.07) is 10.7. The van der Waals surface area contributed by atoms with Crippen molar-refractivity contribution in [3.8, 4) is 17.6 Å². The second-order valence-corrected chi connectivity index (χ2v) is 7.83. The number of hydrogen-bond donors (Lipinski definition) is 2. The van der Waals surface area contributed by atoms with Crippen molar-refractivity contribution in [3.63, 3.8) is 0 Å². The van der Waals surface area contributed by atoms with Crippen LogP contribution in [0.5, 0.6) is 5.75 Å². The molecule has 5 nitrogen and oxygen atoms in total. The van der Waals surface area contributed by atoms with Crippen molar-refractivity contribution < 1.29 is 19.4 Å². The Kier molecular flexibility index (Phi) is 6.11. The van der Waals surface area contributed by atoms with Crippen LogP contribution in [0.3, 0.4) is 0 Å². The van der Waals surface area contributed by atoms with Crippen molar-refractivity contribution in [3.05, 3.63) is 53.5 Å². The lowest BCUT2D eigenvalue weighted by atomic mass is 9.95. The molecule has 0 saturated carbocycles. The molecule has 1 aliphatic rings. The van der Waals surface area contributed by atoms with Gasteiger partial charge in [-0.05, 0) is 81.7 Å². The van der Waals surface area contributed by atoms with Gasteiger partial charge < -0.3 is 19.5 Å². The van der Waals surface area contributed by atoms with Gasteiger partial charge in [-0.2, -0.15) is 0 Å². The minimum absolute atomic E-state index is 0.105. The number of nitrogens with zero attached hydrogens (tertiary/aromatic N) is 1. The largest absolute Gasteiger partial charge is 0.508 e. The number of likely N-dealkylation sites (tertiary alicyclic amines) is 1. The maximum atomic E-state index is 13.0. The monoisotopic (exact) mass is 381 g/mol. The molecule has 2 N–H and O–H groups in total. The van der Waals surface area contributed by atoms with E-state index >= 15 is 0 Å². The van der Waals surface area contributed by atoms with E-state index in [1.54, 1.807) is 38.1 Å². The van der Waals surface area contributed by atoms with Crippen molar-refractivity contribution in [2.45, 2.75) is 57.6 Å². The summed E-state index contributed by atoms with van der Waals surface area (Å²) in [7, 11) is 0. The summed E-state index contributed by atoms with van der Waals surface area (Å²) in [5.41, 5.74) is 0.0429. The Morgan fingerprint density at radius 2 is 1.96 bits per heavy atom. The first-order valence-corrected chi connectivity index (χ1v) is 9.76. The van der Waals surface area contributed by atoms with Gasteiger partial charge in [0.15, 0.2) is 11.5 Å². The highest BCUT2D eigenvalue weighted by Crippen LogP contribution is 2.24. The van der Waals surface area contributed by atoms with E-state index in [-0.39, 0.29) is 23.5 Å². The van der Waals surface area contributed by atoms with Gasteiger partial charge in [0.2, 0.25) is 0 Å². The fourth-order valence-electron chi connectivity index (χ4n) is 3.44. The molecule has 1 saturated heterocycles. The summed E-state index contributed by atoms with van der Waals surface area (Å²) in [6.45, 7) is 3.92. The summed E-state index contributed by atoms with van der Waals surface area (Å²) < 4.78 is 5.61. The molecular weight excluding hydrogens is 354 g/mol.